The third kappa shape index (κ3) is 4.04. The Morgan fingerprint density at radius 2 is 2.06 bits per heavy atom. The van der Waals surface area contributed by atoms with Gasteiger partial charge in [-0.1, -0.05) is 13.0 Å². The Kier molecular flexibility index (Phi) is 5.48. The van der Waals surface area contributed by atoms with E-state index in [1.165, 1.54) is 0 Å². The van der Waals surface area contributed by atoms with Crippen molar-refractivity contribution in [2.24, 2.45) is 0 Å². The van der Waals surface area contributed by atoms with E-state index in [0.717, 1.165) is 24.3 Å². The number of nitrogens with zero attached hydrogens (tertiary/aromatic N) is 1. The van der Waals surface area contributed by atoms with E-state index >= 15 is 0 Å². The zero-order valence-corrected chi connectivity index (χ0v) is 10.7. The van der Waals surface area contributed by atoms with Gasteiger partial charge in [0.15, 0.2) is 0 Å². The fourth-order valence-corrected chi connectivity index (χ4v) is 1.85. The summed E-state index contributed by atoms with van der Waals surface area (Å²) in [5.41, 5.74) is 1.42. The molecule has 0 aliphatic carbocycles. The maximum absolute atomic E-state index is 9.31. The summed E-state index contributed by atoms with van der Waals surface area (Å²) in [4.78, 5) is 2.14. The second kappa shape index (κ2) is 6.64. The molecule has 1 rings (SSSR count). The zero-order chi connectivity index (χ0) is 12.8. The van der Waals surface area contributed by atoms with Gasteiger partial charge in [-0.25, -0.2) is 0 Å². The maximum Gasteiger partial charge on any atom is 0.488 e. The molecule has 0 aliphatic rings. The van der Waals surface area contributed by atoms with Gasteiger partial charge in [-0.2, -0.15) is 0 Å². The summed E-state index contributed by atoms with van der Waals surface area (Å²) >= 11 is 0. The van der Waals surface area contributed by atoms with Crippen LogP contribution in [-0.4, -0.2) is 42.8 Å². The molecule has 1 aromatic rings. The van der Waals surface area contributed by atoms with E-state index in [4.69, 9.17) is 4.74 Å². The van der Waals surface area contributed by atoms with Gasteiger partial charge in [-0.3, -0.25) is 0 Å². The topological polar surface area (TPSA) is 52.9 Å². The van der Waals surface area contributed by atoms with E-state index in [2.05, 4.69) is 11.8 Å². The van der Waals surface area contributed by atoms with Crippen LogP contribution in [0.4, 0.5) is 0 Å². The predicted molar refractivity (Wildman–Crippen MR) is 69.4 cm³/mol. The van der Waals surface area contributed by atoms with Gasteiger partial charge in [-0.05, 0) is 43.2 Å². The van der Waals surface area contributed by atoms with Crippen LogP contribution in [-0.2, 0) is 6.54 Å². The van der Waals surface area contributed by atoms with Gasteiger partial charge in [0.1, 0.15) is 5.75 Å². The highest BCUT2D eigenvalue weighted by Crippen LogP contribution is 2.13. The summed E-state index contributed by atoms with van der Waals surface area (Å²) in [5.74, 6) is 0.731. The first-order valence-corrected chi connectivity index (χ1v) is 5.80. The number of ether oxygens (including phenoxy) is 1. The molecule has 0 unspecified atom stereocenters. The average molecular weight is 237 g/mol. The van der Waals surface area contributed by atoms with Crippen LogP contribution in [0.15, 0.2) is 18.2 Å². The van der Waals surface area contributed by atoms with Crippen LogP contribution in [0.3, 0.4) is 0 Å². The highest BCUT2D eigenvalue weighted by Gasteiger charge is 2.17. The summed E-state index contributed by atoms with van der Waals surface area (Å²) < 4.78 is 5.15. The molecule has 0 aromatic heterocycles. The smallest absolute Gasteiger partial charge is 0.488 e. The van der Waals surface area contributed by atoms with Crippen molar-refractivity contribution in [1.82, 2.24) is 4.90 Å². The van der Waals surface area contributed by atoms with Crippen molar-refractivity contribution in [2.45, 2.75) is 19.9 Å². The molecule has 0 atom stereocenters. The third-order valence-corrected chi connectivity index (χ3v) is 2.67. The lowest BCUT2D eigenvalue weighted by molar-refractivity contribution is 0.326. The molecule has 94 valence electrons. The highest BCUT2D eigenvalue weighted by atomic mass is 16.5. The van der Waals surface area contributed by atoms with E-state index in [9.17, 15) is 10.0 Å². The summed E-state index contributed by atoms with van der Waals surface area (Å²) in [6, 6.07) is 5.28. The normalized spacial score (nSPS) is 10.7. The Hall–Kier alpha value is -1.04. The lowest BCUT2D eigenvalue weighted by Crippen LogP contribution is -2.35. The summed E-state index contributed by atoms with van der Waals surface area (Å²) in [6.45, 7) is 3.76. The van der Waals surface area contributed by atoms with E-state index in [-0.39, 0.29) is 0 Å². The summed E-state index contributed by atoms with van der Waals surface area (Å²) in [5, 5.41) is 18.6. The predicted octanol–water partition coefficient (Wildman–Crippen LogP) is 0.217. The third-order valence-electron chi connectivity index (χ3n) is 2.67. The molecule has 17 heavy (non-hydrogen) atoms. The van der Waals surface area contributed by atoms with E-state index in [1.807, 2.05) is 13.1 Å². The van der Waals surface area contributed by atoms with E-state index in [0.29, 0.717) is 12.0 Å². The van der Waals surface area contributed by atoms with Gasteiger partial charge in [0.2, 0.25) is 0 Å². The molecule has 1 aromatic carbocycles. The van der Waals surface area contributed by atoms with Crippen molar-refractivity contribution in [3.63, 3.8) is 0 Å². The molecule has 0 radical (unpaired) electrons. The second-order valence-electron chi connectivity index (χ2n) is 4.18. The molecular weight excluding hydrogens is 217 g/mol. The molecule has 4 nitrogen and oxygen atoms in total. The van der Waals surface area contributed by atoms with Gasteiger partial charge in [0.25, 0.3) is 0 Å². The standard InChI is InChI=1S/C12H20BNO3/c1-4-7-14(2)9-10-8-11(17-3)5-6-12(10)13(15)16/h5-6,8,15-16H,4,7,9H2,1-3H3. The fourth-order valence-electron chi connectivity index (χ4n) is 1.85. The molecule has 0 saturated carbocycles. The molecule has 0 fully saturated rings. The lowest BCUT2D eigenvalue weighted by atomic mass is 9.77. The first-order valence-electron chi connectivity index (χ1n) is 5.80. The molecule has 0 heterocycles. The van der Waals surface area contributed by atoms with Crippen molar-refractivity contribution in [3.05, 3.63) is 23.8 Å². The van der Waals surface area contributed by atoms with Crippen LogP contribution in [0.25, 0.3) is 0 Å². The van der Waals surface area contributed by atoms with Gasteiger partial charge in [-0.15, -0.1) is 0 Å². The number of rotatable bonds is 6. The number of methoxy groups -OCH3 is 1. The number of hydrogen-bond donors (Lipinski definition) is 2. The van der Waals surface area contributed by atoms with Gasteiger partial charge >= 0.3 is 7.12 Å². The lowest BCUT2D eigenvalue weighted by Gasteiger charge is -2.18. The van der Waals surface area contributed by atoms with Gasteiger partial charge in [0, 0.05) is 6.54 Å². The monoisotopic (exact) mass is 237 g/mol. The largest absolute Gasteiger partial charge is 0.497 e. The SMILES string of the molecule is CCCN(C)Cc1cc(OC)ccc1B(O)O. The molecule has 5 heteroatoms. The highest BCUT2D eigenvalue weighted by molar-refractivity contribution is 6.59. The Balaban J connectivity index is 2.92. The Bertz CT molecular complexity index is 358. The minimum absolute atomic E-state index is 0.536. The molecule has 0 saturated heterocycles. The number of hydrogen-bond acceptors (Lipinski definition) is 4. The molecular formula is C12H20BNO3. The maximum atomic E-state index is 9.31. The first-order chi connectivity index (χ1) is 8.08. The minimum atomic E-state index is -1.44. The van der Waals surface area contributed by atoms with Crippen LogP contribution in [0, 0.1) is 0 Å². The first kappa shape index (κ1) is 14.0. The van der Waals surface area contributed by atoms with Crippen LogP contribution >= 0.6 is 0 Å². The summed E-state index contributed by atoms with van der Waals surface area (Å²) in [7, 11) is 2.17. The Morgan fingerprint density at radius 3 is 2.59 bits per heavy atom. The molecule has 0 aliphatic heterocycles. The minimum Gasteiger partial charge on any atom is -0.497 e. The molecule has 2 N–H and O–H groups in total. The fraction of sp³-hybridized carbons (Fsp3) is 0.500. The van der Waals surface area contributed by atoms with E-state index < -0.39 is 7.12 Å². The average Bonchev–Trinajstić information content (AvgIpc) is 2.28. The van der Waals surface area contributed by atoms with Crippen LogP contribution in [0.2, 0.25) is 0 Å². The molecule has 0 amide bonds. The van der Waals surface area contributed by atoms with Gasteiger partial charge < -0.3 is 19.7 Å². The van der Waals surface area contributed by atoms with Crippen molar-refractivity contribution in [3.8, 4) is 5.75 Å². The molecule has 0 bridgehead atoms. The quantitative estimate of drug-likeness (QED) is 0.695. The van der Waals surface area contributed by atoms with E-state index in [1.54, 1.807) is 19.2 Å². The van der Waals surface area contributed by atoms with Crippen molar-refractivity contribution in [2.75, 3.05) is 20.7 Å². The van der Waals surface area contributed by atoms with Crippen LogP contribution in [0.1, 0.15) is 18.9 Å². The van der Waals surface area contributed by atoms with Crippen molar-refractivity contribution >= 4 is 12.6 Å². The Labute approximate surface area is 103 Å². The van der Waals surface area contributed by atoms with Crippen molar-refractivity contribution < 1.29 is 14.8 Å². The second-order valence-corrected chi connectivity index (χ2v) is 4.18. The van der Waals surface area contributed by atoms with Crippen LogP contribution < -0.4 is 10.2 Å². The van der Waals surface area contributed by atoms with Crippen molar-refractivity contribution in [1.29, 1.82) is 0 Å². The van der Waals surface area contributed by atoms with Gasteiger partial charge in [0.05, 0.1) is 7.11 Å². The number of benzene rings is 1. The Morgan fingerprint density at radius 1 is 1.35 bits per heavy atom. The summed E-state index contributed by atoms with van der Waals surface area (Å²) in [6.07, 6.45) is 1.07. The van der Waals surface area contributed by atoms with Crippen LogP contribution in [0.5, 0.6) is 5.75 Å². The molecule has 0 spiro atoms. The zero-order valence-electron chi connectivity index (χ0n) is 10.7.